The van der Waals surface area contributed by atoms with E-state index in [-0.39, 0.29) is 5.91 Å². The Kier molecular flexibility index (Phi) is 4.47. The molecule has 6 nitrogen and oxygen atoms in total. The third-order valence-corrected chi connectivity index (χ3v) is 4.46. The summed E-state index contributed by atoms with van der Waals surface area (Å²) in [7, 11) is 0. The lowest BCUT2D eigenvalue weighted by atomic mass is 10.2. The Bertz CT molecular complexity index is 1040. The van der Waals surface area contributed by atoms with Crippen LogP contribution in [0.15, 0.2) is 59.7 Å². The Labute approximate surface area is 157 Å². The highest BCUT2D eigenvalue weighted by Gasteiger charge is 2.10. The molecule has 0 aliphatic heterocycles. The molecule has 0 unspecified atom stereocenters. The van der Waals surface area contributed by atoms with Gasteiger partial charge in [0.25, 0.3) is 5.91 Å². The van der Waals surface area contributed by atoms with Gasteiger partial charge in [0.05, 0.1) is 35.0 Å². The van der Waals surface area contributed by atoms with Crippen LogP contribution in [0, 0.1) is 0 Å². The van der Waals surface area contributed by atoms with Gasteiger partial charge in [-0.2, -0.15) is 0 Å². The van der Waals surface area contributed by atoms with Gasteiger partial charge in [-0.1, -0.05) is 23.7 Å². The number of pyridine rings is 1. The van der Waals surface area contributed by atoms with Crippen molar-refractivity contribution in [3.63, 3.8) is 0 Å². The number of halogens is 1. The zero-order valence-corrected chi connectivity index (χ0v) is 14.9. The standard InChI is InChI=1S/C18H12ClN5OS/c19-12-3-1-2-11(6-12)17-21-8-15(24-17)14-5-4-13(7-20-14)23-18(25)16-9-26-10-22-16/h1-10H,(H,21,24)(H,23,25). The second-order valence-corrected chi connectivity index (χ2v) is 6.57. The van der Waals surface area contributed by atoms with Crippen molar-refractivity contribution in [2.24, 2.45) is 0 Å². The Morgan fingerprint density at radius 1 is 1.12 bits per heavy atom. The third-order valence-electron chi connectivity index (χ3n) is 3.64. The minimum Gasteiger partial charge on any atom is -0.337 e. The maximum atomic E-state index is 12.0. The second kappa shape index (κ2) is 7.07. The number of hydrogen-bond acceptors (Lipinski definition) is 5. The zero-order valence-electron chi connectivity index (χ0n) is 13.3. The minimum absolute atomic E-state index is 0.259. The summed E-state index contributed by atoms with van der Waals surface area (Å²) in [5.41, 5.74) is 5.00. The number of rotatable bonds is 4. The first-order valence-electron chi connectivity index (χ1n) is 7.66. The number of aromatic amines is 1. The molecule has 0 saturated heterocycles. The number of thiazole rings is 1. The first-order valence-corrected chi connectivity index (χ1v) is 8.98. The maximum Gasteiger partial charge on any atom is 0.275 e. The average molecular weight is 382 g/mol. The molecule has 0 saturated carbocycles. The lowest BCUT2D eigenvalue weighted by Gasteiger charge is -2.03. The number of benzene rings is 1. The number of nitrogens with zero attached hydrogens (tertiary/aromatic N) is 3. The number of imidazole rings is 1. The number of carbonyl (C=O) groups is 1. The maximum absolute atomic E-state index is 12.0. The van der Waals surface area contributed by atoms with Gasteiger partial charge >= 0.3 is 0 Å². The van der Waals surface area contributed by atoms with Crippen LogP contribution in [0.3, 0.4) is 0 Å². The molecule has 3 heterocycles. The topological polar surface area (TPSA) is 83.6 Å². The summed E-state index contributed by atoms with van der Waals surface area (Å²) in [4.78, 5) is 28.0. The van der Waals surface area contributed by atoms with Crippen molar-refractivity contribution in [3.8, 4) is 22.8 Å². The molecule has 4 rings (SSSR count). The summed E-state index contributed by atoms with van der Waals surface area (Å²) >= 11 is 7.39. The molecule has 2 N–H and O–H groups in total. The number of anilines is 1. The first kappa shape index (κ1) is 16.4. The van der Waals surface area contributed by atoms with E-state index in [1.807, 2.05) is 30.3 Å². The molecule has 128 valence electrons. The molecule has 0 bridgehead atoms. The quantitative estimate of drug-likeness (QED) is 0.545. The number of hydrogen-bond donors (Lipinski definition) is 2. The molecular weight excluding hydrogens is 370 g/mol. The Hall–Kier alpha value is -3.03. The van der Waals surface area contributed by atoms with Gasteiger partial charge < -0.3 is 10.3 Å². The molecule has 26 heavy (non-hydrogen) atoms. The normalized spacial score (nSPS) is 10.7. The van der Waals surface area contributed by atoms with Gasteiger partial charge in [-0.3, -0.25) is 9.78 Å². The molecule has 0 radical (unpaired) electrons. The van der Waals surface area contributed by atoms with Gasteiger partial charge in [0.15, 0.2) is 0 Å². The van der Waals surface area contributed by atoms with Crippen LogP contribution in [0.4, 0.5) is 5.69 Å². The van der Waals surface area contributed by atoms with Crippen molar-refractivity contribution in [3.05, 3.63) is 70.4 Å². The van der Waals surface area contributed by atoms with Crippen molar-refractivity contribution >= 4 is 34.5 Å². The van der Waals surface area contributed by atoms with Gasteiger partial charge in [-0.05, 0) is 24.3 Å². The molecular formula is C18H12ClN5OS. The van der Waals surface area contributed by atoms with E-state index >= 15 is 0 Å². The highest BCUT2D eigenvalue weighted by molar-refractivity contribution is 7.07. The van der Waals surface area contributed by atoms with Crippen molar-refractivity contribution in [1.29, 1.82) is 0 Å². The van der Waals surface area contributed by atoms with Crippen LogP contribution < -0.4 is 5.32 Å². The number of H-pyrrole nitrogens is 1. The number of amides is 1. The molecule has 0 fully saturated rings. The SMILES string of the molecule is O=C(Nc1ccc(-c2cnc(-c3cccc(Cl)c3)[nH]2)nc1)c1cscn1. The minimum atomic E-state index is -0.259. The van der Waals surface area contributed by atoms with Crippen LogP contribution in [-0.4, -0.2) is 25.8 Å². The van der Waals surface area contributed by atoms with Crippen LogP contribution >= 0.6 is 22.9 Å². The van der Waals surface area contributed by atoms with Crippen molar-refractivity contribution < 1.29 is 4.79 Å². The first-order chi connectivity index (χ1) is 12.7. The van der Waals surface area contributed by atoms with E-state index in [0.717, 1.165) is 17.0 Å². The van der Waals surface area contributed by atoms with Gasteiger partial charge in [0, 0.05) is 16.0 Å². The van der Waals surface area contributed by atoms with E-state index in [2.05, 4.69) is 25.3 Å². The van der Waals surface area contributed by atoms with Crippen LogP contribution in [0.5, 0.6) is 0 Å². The van der Waals surface area contributed by atoms with Crippen molar-refractivity contribution in [1.82, 2.24) is 19.9 Å². The van der Waals surface area contributed by atoms with E-state index in [4.69, 9.17) is 11.6 Å². The molecule has 4 aromatic rings. The Balaban J connectivity index is 1.51. The van der Waals surface area contributed by atoms with Crippen molar-refractivity contribution in [2.45, 2.75) is 0 Å². The monoisotopic (exact) mass is 381 g/mol. The number of nitrogens with one attached hydrogen (secondary N) is 2. The summed E-state index contributed by atoms with van der Waals surface area (Å²) in [5, 5.41) is 5.11. The molecule has 3 aromatic heterocycles. The van der Waals surface area contributed by atoms with Gasteiger partial charge in [0.1, 0.15) is 11.5 Å². The molecule has 8 heteroatoms. The largest absolute Gasteiger partial charge is 0.337 e. The second-order valence-electron chi connectivity index (χ2n) is 5.42. The predicted molar refractivity (Wildman–Crippen MR) is 102 cm³/mol. The Morgan fingerprint density at radius 2 is 2.04 bits per heavy atom. The number of carbonyl (C=O) groups excluding carboxylic acids is 1. The fourth-order valence-electron chi connectivity index (χ4n) is 2.38. The molecule has 0 spiro atoms. The number of aromatic nitrogens is 4. The summed E-state index contributed by atoms with van der Waals surface area (Å²) < 4.78 is 0. The van der Waals surface area contributed by atoms with Crippen LogP contribution in [0.25, 0.3) is 22.8 Å². The predicted octanol–water partition coefficient (Wildman–Crippen LogP) is 4.50. The van der Waals surface area contributed by atoms with Gasteiger partial charge in [-0.15, -0.1) is 11.3 Å². The lowest BCUT2D eigenvalue weighted by molar-refractivity contribution is 0.102. The molecule has 0 aliphatic carbocycles. The van der Waals surface area contributed by atoms with Gasteiger partial charge in [0.2, 0.25) is 0 Å². The van der Waals surface area contributed by atoms with Crippen LogP contribution in [0.2, 0.25) is 5.02 Å². The van der Waals surface area contributed by atoms with E-state index < -0.39 is 0 Å². The summed E-state index contributed by atoms with van der Waals surface area (Å²) in [5.74, 6) is 0.454. The van der Waals surface area contributed by atoms with E-state index in [9.17, 15) is 4.79 Å². The fraction of sp³-hybridized carbons (Fsp3) is 0. The smallest absolute Gasteiger partial charge is 0.275 e. The Morgan fingerprint density at radius 3 is 2.77 bits per heavy atom. The summed E-state index contributed by atoms with van der Waals surface area (Å²) in [6.07, 6.45) is 3.31. The summed E-state index contributed by atoms with van der Waals surface area (Å²) in [6, 6.07) is 11.1. The van der Waals surface area contributed by atoms with Crippen molar-refractivity contribution in [2.75, 3.05) is 5.32 Å². The zero-order chi connectivity index (χ0) is 17.9. The van der Waals surface area contributed by atoms with Crippen LogP contribution in [-0.2, 0) is 0 Å². The average Bonchev–Trinajstić information content (AvgIpc) is 3.35. The van der Waals surface area contributed by atoms with E-state index in [0.29, 0.717) is 22.2 Å². The summed E-state index contributed by atoms with van der Waals surface area (Å²) in [6.45, 7) is 0. The lowest BCUT2D eigenvalue weighted by Crippen LogP contribution is -2.12. The highest BCUT2D eigenvalue weighted by atomic mass is 35.5. The van der Waals surface area contributed by atoms with E-state index in [1.165, 1.54) is 11.3 Å². The third kappa shape index (κ3) is 3.49. The molecule has 1 aromatic carbocycles. The highest BCUT2D eigenvalue weighted by Crippen LogP contribution is 2.23. The fourth-order valence-corrected chi connectivity index (χ4v) is 3.10. The molecule has 0 atom stereocenters. The molecule has 0 aliphatic rings. The van der Waals surface area contributed by atoms with Gasteiger partial charge in [-0.25, -0.2) is 9.97 Å². The van der Waals surface area contributed by atoms with Crippen LogP contribution in [0.1, 0.15) is 10.5 Å². The molecule has 1 amide bonds. The van der Waals surface area contributed by atoms with E-state index in [1.54, 1.807) is 29.4 Å².